The van der Waals surface area contributed by atoms with Crippen molar-refractivity contribution in [1.82, 2.24) is 10.6 Å². The van der Waals surface area contributed by atoms with Crippen LogP contribution in [0.25, 0.3) is 0 Å². The summed E-state index contributed by atoms with van der Waals surface area (Å²) in [5, 5.41) is 13.4. The molecule has 0 aromatic heterocycles. The van der Waals surface area contributed by atoms with Crippen molar-refractivity contribution in [3.63, 3.8) is 0 Å². The number of carbonyl (C=O) groups excluding carboxylic acids is 1. The average Bonchev–Trinajstić information content (AvgIpc) is 3.17. The number of halogens is 5. The van der Waals surface area contributed by atoms with Crippen molar-refractivity contribution >= 4 is 23.5 Å². The fraction of sp³-hybridized carbons (Fsp3) is 0.529. The van der Waals surface area contributed by atoms with Crippen LogP contribution in [0.2, 0.25) is 5.02 Å². The van der Waals surface area contributed by atoms with Crippen LogP contribution in [0.15, 0.2) is 18.2 Å². The Morgan fingerprint density at radius 2 is 1.96 bits per heavy atom. The molecule has 150 valence electrons. The summed E-state index contributed by atoms with van der Waals surface area (Å²) >= 11 is 5.72. The Labute approximate surface area is 158 Å². The first-order valence-corrected chi connectivity index (χ1v) is 8.74. The van der Waals surface area contributed by atoms with E-state index < -0.39 is 18.0 Å². The molecule has 1 heterocycles. The Kier molecular flexibility index (Phi) is 7.05. The third-order valence-electron chi connectivity index (χ3n) is 4.66. The van der Waals surface area contributed by atoms with E-state index in [0.717, 1.165) is 12.8 Å². The molecule has 1 aromatic carbocycles. The predicted octanol–water partition coefficient (Wildman–Crippen LogP) is 3.26. The van der Waals surface area contributed by atoms with Crippen molar-refractivity contribution in [3.05, 3.63) is 34.6 Å². The van der Waals surface area contributed by atoms with Crippen LogP contribution in [0.5, 0.6) is 0 Å². The second kappa shape index (κ2) is 8.88. The molecule has 1 amide bonds. The highest BCUT2D eigenvalue weighted by atomic mass is 35.5. The molecule has 1 aliphatic carbocycles. The zero-order valence-electron chi connectivity index (χ0n) is 14.2. The lowest BCUT2D eigenvalue weighted by molar-refractivity contribution is -0.192. The van der Waals surface area contributed by atoms with Crippen LogP contribution in [-0.4, -0.2) is 35.2 Å². The van der Waals surface area contributed by atoms with Gasteiger partial charge in [-0.05, 0) is 31.2 Å². The molecule has 3 N–H and O–H groups in total. The van der Waals surface area contributed by atoms with Crippen LogP contribution in [0, 0.1) is 11.7 Å². The minimum Gasteiger partial charge on any atom is -0.475 e. The molecule has 0 radical (unpaired) electrons. The molecule has 2 fully saturated rings. The Morgan fingerprint density at radius 3 is 2.56 bits per heavy atom. The molecular weight excluding hydrogens is 392 g/mol. The highest BCUT2D eigenvalue weighted by molar-refractivity contribution is 6.30. The Bertz CT molecular complexity index is 687. The fourth-order valence-electron chi connectivity index (χ4n) is 3.34. The number of amides is 1. The van der Waals surface area contributed by atoms with Gasteiger partial charge in [0.1, 0.15) is 5.82 Å². The van der Waals surface area contributed by atoms with E-state index in [9.17, 15) is 22.4 Å². The third-order valence-corrected chi connectivity index (χ3v) is 4.95. The summed E-state index contributed by atoms with van der Waals surface area (Å²) in [5.41, 5.74) is 0.420. The van der Waals surface area contributed by atoms with Crippen LogP contribution in [0.1, 0.15) is 31.2 Å². The Balaban J connectivity index is 0.000000321. The quantitative estimate of drug-likeness (QED) is 0.668. The normalized spacial score (nSPS) is 24.0. The van der Waals surface area contributed by atoms with Gasteiger partial charge in [0.2, 0.25) is 5.91 Å². The minimum absolute atomic E-state index is 0.0428. The monoisotopic (exact) mass is 410 g/mol. The first kappa shape index (κ1) is 21.4. The Morgan fingerprint density at radius 1 is 1.30 bits per heavy atom. The standard InChI is InChI=1S/C15H18ClFN2O.C2HF3O2/c16-11-5-1-4-10(14(11)17)8-18-15(20)13-7-9-3-2-6-12(9)19-13;3-2(4,5)1(6)7/h1,4-5,9,12-13,19H,2-3,6-8H2,(H,18,20);(H,6,7)/t9-,12-,13+;/m1./s1. The number of hydrogen-bond donors (Lipinski definition) is 3. The molecule has 2 aliphatic rings. The number of carboxylic acids is 1. The number of benzene rings is 1. The fourth-order valence-corrected chi connectivity index (χ4v) is 3.53. The van der Waals surface area contributed by atoms with Crippen LogP contribution in [-0.2, 0) is 16.1 Å². The number of carboxylic acid groups (broad SMARTS) is 1. The van der Waals surface area contributed by atoms with Gasteiger partial charge in [0, 0.05) is 18.2 Å². The second-order valence-corrected chi connectivity index (χ2v) is 6.89. The number of hydrogen-bond acceptors (Lipinski definition) is 3. The molecule has 3 rings (SSSR count). The lowest BCUT2D eigenvalue weighted by Gasteiger charge is -2.13. The van der Waals surface area contributed by atoms with Gasteiger partial charge in [0.25, 0.3) is 0 Å². The van der Waals surface area contributed by atoms with E-state index in [1.54, 1.807) is 12.1 Å². The number of rotatable bonds is 3. The van der Waals surface area contributed by atoms with Gasteiger partial charge in [-0.25, -0.2) is 9.18 Å². The molecule has 3 atom stereocenters. The number of alkyl halides is 3. The summed E-state index contributed by atoms with van der Waals surface area (Å²) in [6.07, 6.45) is -0.555. The van der Waals surface area contributed by atoms with Crippen molar-refractivity contribution < 1.29 is 32.3 Å². The zero-order valence-corrected chi connectivity index (χ0v) is 14.9. The maximum absolute atomic E-state index is 13.7. The van der Waals surface area contributed by atoms with E-state index in [0.29, 0.717) is 17.5 Å². The summed E-state index contributed by atoms with van der Waals surface area (Å²) in [5.74, 6) is -2.62. The molecule has 0 bridgehead atoms. The smallest absolute Gasteiger partial charge is 0.475 e. The summed E-state index contributed by atoms with van der Waals surface area (Å²) in [4.78, 5) is 21.0. The summed E-state index contributed by atoms with van der Waals surface area (Å²) in [7, 11) is 0. The van der Waals surface area contributed by atoms with Gasteiger partial charge in [-0.1, -0.05) is 30.2 Å². The maximum Gasteiger partial charge on any atom is 0.490 e. The van der Waals surface area contributed by atoms with Gasteiger partial charge in [0.05, 0.1) is 11.1 Å². The van der Waals surface area contributed by atoms with E-state index in [4.69, 9.17) is 21.5 Å². The molecular formula is C17H19ClF4N2O3. The highest BCUT2D eigenvalue weighted by Crippen LogP contribution is 2.34. The van der Waals surface area contributed by atoms with Gasteiger partial charge in [-0.15, -0.1) is 0 Å². The summed E-state index contributed by atoms with van der Waals surface area (Å²) in [6.45, 7) is 0.179. The zero-order chi connectivity index (χ0) is 20.2. The number of nitrogens with one attached hydrogen (secondary N) is 2. The van der Waals surface area contributed by atoms with Crippen molar-refractivity contribution in [2.45, 2.75) is 50.5 Å². The maximum atomic E-state index is 13.7. The first-order valence-electron chi connectivity index (χ1n) is 8.36. The van der Waals surface area contributed by atoms with Crippen LogP contribution >= 0.6 is 11.6 Å². The summed E-state index contributed by atoms with van der Waals surface area (Å²) < 4.78 is 45.5. The van der Waals surface area contributed by atoms with E-state index in [1.165, 1.54) is 18.9 Å². The molecule has 5 nitrogen and oxygen atoms in total. The number of fused-ring (bicyclic) bond motifs is 1. The van der Waals surface area contributed by atoms with Gasteiger partial charge in [-0.3, -0.25) is 4.79 Å². The van der Waals surface area contributed by atoms with Gasteiger partial charge in [0.15, 0.2) is 0 Å². The molecule has 0 spiro atoms. The topological polar surface area (TPSA) is 78.4 Å². The van der Waals surface area contributed by atoms with E-state index in [2.05, 4.69) is 10.6 Å². The second-order valence-electron chi connectivity index (χ2n) is 6.49. The SMILES string of the molecule is O=C(NCc1cccc(Cl)c1F)[C@@H]1C[C@H]2CCC[C@H]2N1.O=C(O)C(F)(F)F. The first-order chi connectivity index (χ1) is 12.6. The minimum atomic E-state index is -5.08. The Hall–Kier alpha value is -1.87. The van der Waals surface area contributed by atoms with Crippen LogP contribution in [0.4, 0.5) is 17.6 Å². The predicted molar refractivity (Wildman–Crippen MR) is 89.6 cm³/mol. The van der Waals surface area contributed by atoms with E-state index >= 15 is 0 Å². The van der Waals surface area contributed by atoms with Gasteiger partial charge < -0.3 is 15.7 Å². The van der Waals surface area contributed by atoms with Crippen molar-refractivity contribution in [3.8, 4) is 0 Å². The molecule has 1 aromatic rings. The average molecular weight is 411 g/mol. The van der Waals surface area contributed by atoms with Crippen LogP contribution < -0.4 is 10.6 Å². The van der Waals surface area contributed by atoms with Crippen LogP contribution in [0.3, 0.4) is 0 Å². The molecule has 10 heteroatoms. The van der Waals surface area contributed by atoms with E-state index in [1.807, 2.05) is 0 Å². The van der Waals surface area contributed by atoms with E-state index in [-0.39, 0.29) is 23.5 Å². The van der Waals surface area contributed by atoms with Crippen molar-refractivity contribution in [1.29, 1.82) is 0 Å². The number of carbonyl (C=O) groups is 2. The lowest BCUT2D eigenvalue weighted by Crippen LogP contribution is -2.42. The molecule has 0 unspecified atom stereocenters. The largest absolute Gasteiger partial charge is 0.490 e. The molecule has 1 saturated heterocycles. The third kappa shape index (κ3) is 5.80. The van der Waals surface area contributed by atoms with Gasteiger partial charge in [-0.2, -0.15) is 13.2 Å². The highest BCUT2D eigenvalue weighted by Gasteiger charge is 2.39. The molecule has 1 saturated carbocycles. The number of aliphatic carboxylic acids is 1. The van der Waals surface area contributed by atoms with Crippen molar-refractivity contribution in [2.24, 2.45) is 5.92 Å². The molecule has 1 aliphatic heterocycles. The van der Waals surface area contributed by atoms with Gasteiger partial charge >= 0.3 is 12.1 Å². The lowest BCUT2D eigenvalue weighted by atomic mass is 10.0. The van der Waals surface area contributed by atoms with Crippen molar-refractivity contribution in [2.75, 3.05) is 0 Å². The summed E-state index contributed by atoms with van der Waals surface area (Å²) in [6, 6.07) is 5.19. The molecule has 27 heavy (non-hydrogen) atoms.